The largest absolute Gasteiger partial charge is 0.480 e. The van der Waals surface area contributed by atoms with Crippen molar-refractivity contribution in [3.05, 3.63) is 0 Å². The molecule has 0 aliphatic carbocycles. The normalized spacial score (nSPS) is 13.1. The molecule has 0 radical (unpaired) electrons. The molecule has 0 aromatic rings. The molecule has 94 valence electrons. The van der Waals surface area contributed by atoms with Crippen LogP contribution in [0.15, 0.2) is 0 Å². The van der Waals surface area contributed by atoms with E-state index in [0.717, 1.165) is 7.11 Å². The molecule has 2 N–H and O–H groups in total. The molecule has 0 heterocycles. The van der Waals surface area contributed by atoms with Crippen LogP contribution >= 0.6 is 0 Å². The summed E-state index contributed by atoms with van der Waals surface area (Å²) in [5.74, 6) is -2.39. The van der Waals surface area contributed by atoms with Crippen molar-refractivity contribution >= 4 is 22.0 Å². The quantitative estimate of drug-likeness (QED) is 0.582. The number of carbonyl (C=O) groups is 2. The van der Waals surface area contributed by atoms with Crippen LogP contribution in [0.2, 0.25) is 0 Å². The lowest BCUT2D eigenvalue weighted by Crippen LogP contribution is -2.41. The van der Waals surface area contributed by atoms with Crippen molar-refractivity contribution in [3.8, 4) is 0 Å². The minimum absolute atomic E-state index is 0.132. The maximum Gasteiger partial charge on any atom is 0.321 e. The second-order valence-electron chi connectivity index (χ2n) is 3.06. The zero-order chi connectivity index (χ0) is 12.8. The molecule has 0 rings (SSSR count). The van der Waals surface area contributed by atoms with E-state index in [4.69, 9.17) is 5.11 Å². The Morgan fingerprint density at radius 2 is 2.00 bits per heavy atom. The third-order valence-corrected chi connectivity index (χ3v) is 3.22. The Labute approximate surface area is 93.8 Å². The van der Waals surface area contributed by atoms with Gasteiger partial charge in [0.25, 0.3) is 0 Å². The number of aliphatic carboxylic acids is 1. The number of ether oxygens (including phenoxy) is 1. The molecule has 7 nitrogen and oxygen atoms in total. The summed E-state index contributed by atoms with van der Waals surface area (Å²) in [5, 5.41) is 8.64. The first-order chi connectivity index (χ1) is 7.32. The van der Waals surface area contributed by atoms with E-state index < -0.39 is 33.8 Å². The number of hydrogen-bond acceptors (Lipinski definition) is 5. The fourth-order valence-electron chi connectivity index (χ4n) is 0.904. The molecule has 0 saturated carbocycles. The van der Waals surface area contributed by atoms with Crippen LogP contribution in [0.3, 0.4) is 0 Å². The summed E-state index contributed by atoms with van der Waals surface area (Å²) in [6, 6.07) is -1.16. The Morgan fingerprint density at radius 1 is 1.44 bits per heavy atom. The number of methoxy groups -OCH3 is 1. The second-order valence-corrected chi connectivity index (χ2v) is 4.94. The van der Waals surface area contributed by atoms with Crippen LogP contribution < -0.4 is 4.72 Å². The summed E-state index contributed by atoms with van der Waals surface area (Å²) < 4.78 is 28.9. The number of nitrogens with one attached hydrogen (secondary N) is 1. The third kappa shape index (κ3) is 5.66. The molecule has 0 aliphatic heterocycles. The molecule has 1 atom stereocenters. The van der Waals surface area contributed by atoms with Crippen LogP contribution in [0.25, 0.3) is 0 Å². The Hall–Kier alpha value is -1.15. The average molecular weight is 253 g/mol. The fourth-order valence-corrected chi connectivity index (χ4v) is 2.16. The first-order valence-electron chi connectivity index (χ1n) is 4.62. The predicted octanol–water partition coefficient (Wildman–Crippen LogP) is -0.668. The maximum atomic E-state index is 11.3. The van der Waals surface area contributed by atoms with Gasteiger partial charge in [0.1, 0.15) is 6.04 Å². The van der Waals surface area contributed by atoms with E-state index >= 15 is 0 Å². The number of esters is 1. The van der Waals surface area contributed by atoms with Crippen LogP contribution in [0, 0.1) is 0 Å². The molecule has 0 saturated heterocycles. The lowest BCUT2D eigenvalue weighted by atomic mass is 10.2. The lowest BCUT2D eigenvalue weighted by Gasteiger charge is -2.12. The molecule has 0 fully saturated rings. The minimum atomic E-state index is -3.77. The average Bonchev–Trinajstić information content (AvgIpc) is 2.22. The van der Waals surface area contributed by atoms with Crippen LogP contribution in [-0.4, -0.2) is 44.4 Å². The van der Waals surface area contributed by atoms with E-state index in [1.807, 2.05) is 4.72 Å². The van der Waals surface area contributed by atoms with Gasteiger partial charge in [-0.3, -0.25) is 9.59 Å². The highest BCUT2D eigenvalue weighted by molar-refractivity contribution is 7.89. The van der Waals surface area contributed by atoms with Crippen LogP contribution in [0.5, 0.6) is 0 Å². The Bertz CT molecular complexity index is 350. The van der Waals surface area contributed by atoms with Gasteiger partial charge in [0.2, 0.25) is 10.0 Å². The monoisotopic (exact) mass is 253 g/mol. The van der Waals surface area contributed by atoms with E-state index in [0.29, 0.717) is 0 Å². The SMILES string of the molecule is CC[C@@H](NS(=O)(=O)CCC(=O)OC)C(=O)O. The smallest absolute Gasteiger partial charge is 0.321 e. The summed E-state index contributed by atoms with van der Waals surface area (Å²) in [6.45, 7) is 1.54. The van der Waals surface area contributed by atoms with Gasteiger partial charge in [-0.25, -0.2) is 13.1 Å². The Balaban J connectivity index is 4.34. The maximum absolute atomic E-state index is 11.3. The number of sulfonamides is 1. The zero-order valence-corrected chi connectivity index (χ0v) is 9.91. The number of rotatable bonds is 7. The van der Waals surface area contributed by atoms with E-state index in [9.17, 15) is 18.0 Å². The van der Waals surface area contributed by atoms with E-state index in [-0.39, 0.29) is 12.8 Å². The number of carbonyl (C=O) groups excluding carboxylic acids is 1. The standard InChI is InChI=1S/C8H15NO6S/c1-3-6(8(11)12)9-16(13,14)5-4-7(10)15-2/h6,9H,3-5H2,1-2H3,(H,11,12)/t6-/m1/s1. The van der Waals surface area contributed by atoms with Gasteiger partial charge in [0.05, 0.1) is 19.3 Å². The van der Waals surface area contributed by atoms with Gasteiger partial charge in [-0.05, 0) is 6.42 Å². The Kier molecular flexibility index (Phi) is 5.97. The van der Waals surface area contributed by atoms with Gasteiger partial charge in [-0.15, -0.1) is 0 Å². The van der Waals surface area contributed by atoms with E-state index in [2.05, 4.69) is 4.74 Å². The van der Waals surface area contributed by atoms with Gasteiger partial charge >= 0.3 is 11.9 Å². The van der Waals surface area contributed by atoms with Crippen molar-refractivity contribution in [2.24, 2.45) is 0 Å². The first-order valence-corrected chi connectivity index (χ1v) is 6.27. The van der Waals surface area contributed by atoms with Gasteiger partial charge < -0.3 is 9.84 Å². The van der Waals surface area contributed by atoms with Gasteiger partial charge in [-0.1, -0.05) is 6.92 Å². The molecule has 0 aliphatic rings. The highest BCUT2D eigenvalue weighted by Crippen LogP contribution is 1.98. The highest BCUT2D eigenvalue weighted by Gasteiger charge is 2.22. The summed E-state index contributed by atoms with van der Waals surface area (Å²) in [4.78, 5) is 21.3. The van der Waals surface area contributed by atoms with Crippen LogP contribution in [-0.2, 0) is 24.3 Å². The van der Waals surface area contributed by atoms with Crippen LogP contribution in [0.1, 0.15) is 19.8 Å². The van der Waals surface area contributed by atoms with Crippen molar-refractivity contribution < 1.29 is 27.9 Å². The number of carboxylic acids is 1. The summed E-state index contributed by atoms with van der Waals surface area (Å²) in [6.07, 6.45) is -0.172. The second kappa shape index (κ2) is 6.44. The minimum Gasteiger partial charge on any atom is -0.480 e. The van der Waals surface area contributed by atoms with Crippen molar-refractivity contribution in [2.45, 2.75) is 25.8 Å². The topological polar surface area (TPSA) is 110 Å². The van der Waals surface area contributed by atoms with Gasteiger partial charge in [-0.2, -0.15) is 0 Å². The number of carboxylic acid groups (broad SMARTS) is 1. The molecular weight excluding hydrogens is 238 g/mol. The fraction of sp³-hybridized carbons (Fsp3) is 0.750. The van der Waals surface area contributed by atoms with E-state index in [1.165, 1.54) is 0 Å². The summed E-state index contributed by atoms with van der Waals surface area (Å²) in [7, 11) is -2.63. The lowest BCUT2D eigenvalue weighted by molar-refractivity contribution is -0.140. The number of hydrogen-bond donors (Lipinski definition) is 2. The molecule has 0 unspecified atom stereocenters. The molecule has 8 heteroatoms. The summed E-state index contributed by atoms with van der Waals surface area (Å²) >= 11 is 0. The Morgan fingerprint density at radius 3 is 2.38 bits per heavy atom. The molecule has 0 amide bonds. The molecule has 0 aromatic heterocycles. The van der Waals surface area contributed by atoms with Crippen molar-refractivity contribution in [3.63, 3.8) is 0 Å². The predicted molar refractivity (Wildman–Crippen MR) is 55.3 cm³/mol. The molecule has 16 heavy (non-hydrogen) atoms. The molecular formula is C8H15NO6S. The molecule has 0 bridgehead atoms. The molecule has 0 aromatic carbocycles. The van der Waals surface area contributed by atoms with Crippen LogP contribution in [0.4, 0.5) is 0 Å². The first kappa shape index (κ1) is 14.8. The third-order valence-electron chi connectivity index (χ3n) is 1.83. The van der Waals surface area contributed by atoms with Gasteiger partial charge in [0, 0.05) is 0 Å². The van der Waals surface area contributed by atoms with Gasteiger partial charge in [0.15, 0.2) is 0 Å². The zero-order valence-electron chi connectivity index (χ0n) is 9.10. The summed E-state index contributed by atoms with van der Waals surface area (Å²) in [5.41, 5.74) is 0. The molecule has 0 spiro atoms. The highest BCUT2D eigenvalue weighted by atomic mass is 32.2. The van der Waals surface area contributed by atoms with Crippen molar-refractivity contribution in [1.82, 2.24) is 4.72 Å². The van der Waals surface area contributed by atoms with E-state index in [1.54, 1.807) is 6.92 Å². The van der Waals surface area contributed by atoms with Crippen molar-refractivity contribution in [1.29, 1.82) is 0 Å². The van der Waals surface area contributed by atoms with Crippen molar-refractivity contribution in [2.75, 3.05) is 12.9 Å².